The zero-order valence-corrected chi connectivity index (χ0v) is 13.7. The van der Waals surface area contributed by atoms with Crippen molar-refractivity contribution in [1.82, 2.24) is 10.2 Å². The van der Waals surface area contributed by atoms with Crippen molar-refractivity contribution in [2.75, 3.05) is 13.1 Å². The normalized spacial score (nSPS) is 19.7. The van der Waals surface area contributed by atoms with Crippen LogP contribution in [0.4, 0.5) is 0 Å². The molecule has 0 aromatic heterocycles. The fourth-order valence-corrected chi connectivity index (χ4v) is 3.66. The highest BCUT2D eigenvalue weighted by atomic mass is 16.2. The summed E-state index contributed by atoms with van der Waals surface area (Å²) in [6.45, 7) is 1.50. The molecule has 0 atom stereocenters. The van der Waals surface area contributed by atoms with E-state index in [2.05, 4.69) is 5.32 Å². The Morgan fingerprint density at radius 2 is 1.65 bits per heavy atom. The Balaban J connectivity index is 1.42. The molecule has 0 unspecified atom stereocenters. The third kappa shape index (κ3) is 4.34. The number of amides is 2. The van der Waals surface area contributed by atoms with Gasteiger partial charge in [0.15, 0.2) is 0 Å². The first-order chi connectivity index (χ1) is 11.2. The van der Waals surface area contributed by atoms with Gasteiger partial charge < -0.3 is 10.2 Å². The van der Waals surface area contributed by atoms with Crippen LogP contribution < -0.4 is 5.32 Å². The lowest BCUT2D eigenvalue weighted by Crippen LogP contribution is -2.48. The van der Waals surface area contributed by atoms with Gasteiger partial charge in [-0.25, -0.2) is 0 Å². The number of carbonyl (C=O) groups excluding carboxylic acids is 2. The summed E-state index contributed by atoms with van der Waals surface area (Å²) in [5.74, 6) is 0.654. The van der Waals surface area contributed by atoms with Gasteiger partial charge in [0, 0.05) is 25.0 Å². The Morgan fingerprint density at radius 1 is 1.00 bits per heavy atom. The van der Waals surface area contributed by atoms with Crippen molar-refractivity contribution < 1.29 is 9.59 Å². The number of hydrogen-bond donors (Lipinski definition) is 1. The maximum atomic E-state index is 12.3. The predicted octanol–water partition coefficient (Wildman–Crippen LogP) is 2.53. The molecule has 2 fully saturated rings. The number of nitrogens with zero attached hydrogens (tertiary/aromatic N) is 1. The minimum Gasteiger partial charge on any atom is -0.353 e. The van der Waals surface area contributed by atoms with Gasteiger partial charge >= 0.3 is 0 Å². The van der Waals surface area contributed by atoms with Crippen LogP contribution >= 0.6 is 0 Å². The van der Waals surface area contributed by atoms with Gasteiger partial charge in [0.2, 0.25) is 11.8 Å². The lowest BCUT2D eigenvalue weighted by Gasteiger charge is -2.33. The van der Waals surface area contributed by atoms with Crippen molar-refractivity contribution in [1.29, 1.82) is 0 Å². The van der Waals surface area contributed by atoms with Crippen LogP contribution in [0.15, 0.2) is 30.3 Å². The molecule has 124 valence electrons. The summed E-state index contributed by atoms with van der Waals surface area (Å²) >= 11 is 0. The molecule has 1 heterocycles. The molecule has 1 aromatic rings. The molecule has 1 saturated heterocycles. The Hall–Kier alpha value is -1.84. The molecule has 2 amide bonds. The topological polar surface area (TPSA) is 49.4 Å². The summed E-state index contributed by atoms with van der Waals surface area (Å²) in [4.78, 5) is 26.5. The van der Waals surface area contributed by atoms with Gasteiger partial charge in [0.1, 0.15) is 0 Å². The van der Waals surface area contributed by atoms with E-state index in [4.69, 9.17) is 0 Å². The average molecular weight is 314 g/mol. The monoisotopic (exact) mass is 314 g/mol. The maximum absolute atomic E-state index is 12.3. The van der Waals surface area contributed by atoms with Crippen LogP contribution in [-0.2, 0) is 16.0 Å². The second kappa shape index (κ2) is 7.62. The highest BCUT2D eigenvalue weighted by Gasteiger charge is 2.27. The molecule has 2 aliphatic rings. The first kappa shape index (κ1) is 16.0. The molecule has 1 N–H and O–H groups in total. The second-order valence-corrected chi connectivity index (χ2v) is 6.81. The molecule has 0 spiro atoms. The minimum atomic E-state index is 0.191. The van der Waals surface area contributed by atoms with Crippen molar-refractivity contribution in [3.05, 3.63) is 35.9 Å². The zero-order valence-electron chi connectivity index (χ0n) is 13.7. The van der Waals surface area contributed by atoms with Crippen LogP contribution in [0.2, 0.25) is 0 Å². The fraction of sp³-hybridized carbons (Fsp3) is 0.579. The molecule has 1 aromatic carbocycles. The molecular weight excluding hydrogens is 288 g/mol. The molecule has 1 aliphatic heterocycles. The summed E-state index contributed by atoms with van der Waals surface area (Å²) in [7, 11) is 0. The van der Waals surface area contributed by atoms with Crippen molar-refractivity contribution >= 4 is 11.8 Å². The minimum absolute atomic E-state index is 0.191. The third-order valence-corrected chi connectivity index (χ3v) is 5.12. The molecular formula is C19H26N2O2. The Labute approximate surface area is 138 Å². The summed E-state index contributed by atoms with van der Waals surface area (Å²) in [6.07, 6.45) is 6.67. The van der Waals surface area contributed by atoms with Gasteiger partial charge in [-0.2, -0.15) is 0 Å². The zero-order chi connectivity index (χ0) is 16.1. The number of carbonyl (C=O) groups is 2. The van der Waals surface area contributed by atoms with Crippen LogP contribution in [0, 0.1) is 5.92 Å². The van der Waals surface area contributed by atoms with E-state index >= 15 is 0 Å². The second-order valence-electron chi connectivity index (χ2n) is 6.81. The van der Waals surface area contributed by atoms with E-state index in [9.17, 15) is 9.59 Å². The first-order valence-corrected chi connectivity index (χ1v) is 8.84. The van der Waals surface area contributed by atoms with Crippen LogP contribution in [0.1, 0.15) is 44.1 Å². The van der Waals surface area contributed by atoms with Gasteiger partial charge in [-0.05, 0) is 31.2 Å². The Kier molecular flexibility index (Phi) is 5.31. The van der Waals surface area contributed by atoms with E-state index in [0.29, 0.717) is 6.42 Å². The average Bonchev–Trinajstić information content (AvgIpc) is 3.11. The number of piperidine rings is 1. The largest absolute Gasteiger partial charge is 0.353 e. The number of rotatable bonds is 4. The van der Waals surface area contributed by atoms with E-state index in [0.717, 1.165) is 44.3 Å². The molecule has 0 bridgehead atoms. The highest BCUT2D eigenvalue weighted by Crippen LogP contribution is 2.25. The highest BCUT2D eigenvalue weighted by molar-refractivity contribution is 5.80. The van der Waals surface area contributed by atoms with Crippen LogP contribution in [0.5, 0.6) is 0 Å². The number of likely N-dealkylation sites (tertiary alicyclic amines) is 1. The van der Waals surface area contributed by atoms with Crippen LogP contribution in [0.3, 0.4) is 0 Å². The Bertz CT molecular complexity index is 530. The molecule has 23 heavy (non-hydrogen) atoms. The smallest absolute Gasteiger partial charge is 0.226 e. The SMILES string of the molecule is O=C(NC1CCN(C(=O)Cc2ccccc2)CC1)C1CCCC1. The fourth-order valence-electron chi connectivity index (χ4n) is 3.66. The predicted molar refractivity (Wildman–Crippen MR) is 89.8 cm³/mol. The van der Waals surface area contributed by atoms with Crippen molar-refractivity contribution in [2.24, 2.45) is 5.92 Å². The van der Waals surface area contributed by atoms with Gasteiger partial charge in [-0.3, -0.25) is 9.59 Å². The van der Waals surface area contributed by atoms with E-state index in [1.807, 2.05) is 35.2 Å². The van der Waals surface area contributed by atoms with Crippen molar-refractivity contribution in [2.45, 2.75) is 51.0 Å². The van der Waals surface area contributed by atoms with Gasteiger partial charge in [0.05, 0.1) is 6.42 Å². The van der Waals surface area contributed by atoms with Crippen molar-refractivity contribution in [3.63, 3.8) is 0 Å². The van der Waals surface area contributed by atoms with Crippen molar-refractivity contribution in [3.8, 4) is 0 Å². The number of hydrogen-bond acceptors (Lipinski definition) is 2. The maximum Gasteiger partial charge on any atom is 0.226 e. The number of benzene rings is 1. The lowest BCUT2D eigenvalue weighted by atomic mass is 10.0. The molecule has 4 nitrogen and oxygen atoms in total. The molecule has 0 radical (unpaired) electrons. The Morgan fingerprint density at radius 3 is 2.30 bits per heavy atom. The molecule has 1 aliphatic carbocycles. The molecule has 3 rings (SSSR count). The summed E-state index contributed by atoms with van der Waals surface area (Å²) in [5, 5.41) is 3.19. The van der Waals surface area contributed by atoms with Crippen LogP contribution in [0.25, 0.3) is 0 Å². The van der Waals surface area contributed by atoms with E-state index in [1.54, 1.807) is 0 Å². The standard InChI is InChI=1S/C19H26N2O2/c22-18(14-15-6-2-1-3-7-15)21-12-10-17(11-13-21)20-19(23)16-8-4-5-9-16/h1-3,6-7,16-17H,4-5,8-14H2,(H,20,23). The van der Waals surface area contributed by atoms with Crippen LogP contribution in [-0.4, -0.2) is 35.8 Å². The first-order valence-electron chi connectivity index (χ1n) is 8.84. The van der Waals surface area contributed by atoms with Gasteiger partial charge in [-0.1, -0.05) is 43.2 Å². The summed E-state index contributed by atoms with van der Waals surface area (Å²) in [6, 6.07) is 10.1. The molecule has 1 saturated carbocycles. The van der Waals surface area contributed by atoms with Gasteiger partial charge in [0.25, 0.3) is 0 Å². The molecule has 4 heteroatoms. The third-order valence-electron chi connectivity index (χ3n) is 5.12. The summed E-state index contributed by atoms with van der Waals surface area (Å²) in [5.41, 5.74) is 1.06. The summed E-state index contributed by atoms with van der Waals surface area (Å²) < 4.78 is 0. The quantitative estimate of drug-likeness (QED) is 0.928. The lowest BCUT2D eigenvalue weighted by molar-refractivity contribution is -0.131. The number of nitrogens with one attached hydrogen (secondary N) is 1. The van der Waals surface area contributed by atoms with E-state index < -0.39 is 0 Å². The van der Waals surface area contributed by atoms with Gasteiger partial charge in [-0.15, -0.1) is 0 Å². The van der Waals surface area contributed by atoms with E-state index in [-0.39, 0.29) is 23.8 Å². The van der Waals surface area contributed by atoms with E-state index in [1.165, 1.54) is 12.8 Å².